The molecule has 1 saturated heterocycles. The van der Waals surface area contributed by atoms with Gasteiger partial charge in [0.1, 0.15) is 6.61 Å². The Bertz CT molecular complexity index is 328. The molecule has 3 nitrogen and oxygen atoms in total. The van der Waals surface area contributed by atoms with Crippen molar-refractivity contribution in [3.8, 4) is 0 Å². The second kappa shape index (κ2) is 3.88. The highest BCUT2D eigenvalue weighted by molar-refractivity contribution is 6.21. The van der Waals surface area contributed by atoms with Crippen LogP contribution in [0.25, 0.3) is 0 Å². The fourth-order valence-corrected chi connectivity index (χ4v) is 1.71. The third-order valence-corrected chi connectivity index (χ3v) is 2.72. The van der Waals surface area contributed by atoms with Crippen LogP contribution in [0.3, 0.4) is 0 Å². The van der Waals surface area contributed by atoms with Gasteiger partial charge >= 0.3 is 6.09 Å². The zero-order valence-corrected chi connectivity index (χ0v) is 8.20. The maximum absolute atomic E-state index is 10.8. The number of amides is 1. The average molecular weight is 212 g/mol. The molecule has 74 valence electrons. The number of rotatable bonds is 2. The fourth-order valence-electron chi connectivity index (χ4n) is 1.43. The molecule has 0 bridgehead atoms. The minimum Gasteiger partial charge on any atom is -0.447 e. The molecule has 2 rings (SSSR count). The van der Waals surface area contributed by atoms with E-state index >= 15 is 0 Å². The molecule has 0 radical (unpaired) electrons. The van der Waals surface area contributed by atoms with Gasteiger partial charge in [0.25, 0.3) is 0 Å². The highest BCUT2D eigenvalue weighted by Gasteiger charge is 2.29. The molecule has 0 unspecified atom stereocenters. The van der Waals surface area contributed by atoms with Crippen LogP contribution >= 0.6 is 11.6 Å². The van der Waals surface area contributed by atoms with Crippen molar-refractivity contribution in [2.45, 2.75) is 11.4 Å². The second-order valence-corrected chi connectivity index (χ2v) is 3.63. The first-order chi connectivity index (χ1) is 6.77. The van der Waals surface area contributed by atoms with Gasteiger partial charge in [0.15, 0.2) is 0 Å². The SMILES string of the molecule is O=C1N[C@H]([C@@H](Cl)c2ccccc2)CO1. The van der Waals surface area contributed by atoms with Crippen LogP contribution < -0.4 is 5.32 Å². The molecule has 0 aliphatic carbocycles. The van der Waals surface area contributed by atoms with Gasteiger partial charge in [0.05, 0.1) is 11.4 Å². The van der Waals surface area contributed by atoms with E-state index in [-0.39, 0.29) is 11.4 Å². The number of halogens is 1. The van der Waals surface area contributed by atoms with Crippen LogP contribution in [0.15, 0.2) is 30.3 Å². The normalized spacial score (nSPS) is 22.6. The lowest BCUT2D eigenvalue weighted by molar-refractivity contribution is 0.176. The van der Waals surface area contributed by atoms with Crippen LogP contribution in [0.5, 0.6) is 0 Å². The highest BCUT2D eigenvalue weighted by Crippen LogP contribution is 2.26. The molecule has 1 fully saturated rings. The summed E-state index contributed by atoms with van der Waals surface area (Å²) in [4.78, 5) is 10.8. The topological polar surface area (TPSA) is 38.3 Å². The van der Waals surface area contributed by atoms with Crippen molar-refractivity contribution in [1.29, 1.82) is 0 Å². The first kappa shape index (κ1) is 9.34. The number of benzene rings is 1. The zero-order chi connectivity index (χ0) is 9.97. The molecule has 1 heterocycles. The summed E-state index contributed by atoms with van der Waals surface area (Å²) in [5.74, 6) is 0. The number of nitrogens with one attached hydrogen (secondary N) is 1. The van der Waals surface area contributed by atoms with Gasteiger partial charge in [-0.15, -0.1) is 11.6 Å². The molecule has 1 aliphatic heterocycles. The Kier molecular flexibility index (Phi) is 2.59. The Morgan fingerprint density at radius 2 is 2.14 bits per heavy atom. The van der Waals surface area contributed by atoms with Crippen molar-refractivity contribution in [1.82, 2.24) is 5.32 Å². The van der Waals surface area contributed by atoms with Crippen molar-refractivity contribution in [2.24, 2.45) is 0 Å². The van der Waals surface area contributed by atoms with Crippen LogP contribution in [0.2, 0.25) is 0 Å². The number of hydrogen-bond acceptors (Lipinski definition) is 2. The molecule has 1 amide bonds. The number of carbonyl (C=O) groups is 1. The van der Waals surface area contributed by atoms with E-state index in [4.69, 9.17) is 16.3 Å². The van der Waals surface area contributed by atoms with Crippen molar-refractivity contribution in [2.75, 3.05) is 6.61 Å². The summed E-state index contributed by atoms with van der Waals surface area (Å²) < 4.78 is 4.77. The van der Waals surface area contributed by atoms with Gasteiger partial charge < -0.3 is 10.1 Å². The van der Waals surface area contributed by atoms with Crippen molar-refractivity contribution < 1.29 is 9.53 Å². The Morgan fingerprint density at radius 3 is 2.71 bits per heavy atom. The van der Waals surface area contributed by atoms with Crippen LogP contribution in [0.4, 0.5) is 4.79 Å². The van der Waals surface area contributed by atoms with E-state index in [0.29, 0.717) is 6.61 Å². The van der Waals surface area contributed by atoms with E-state index in [1.54, 1.807) is 0 Å². The van der Waals surface area contributed by atoms with Gasteiger partial charge in [0, 0.05) is 0 Å². The van der Waals surface area contributed by atoms with Gasteiger partial charge in [-0.25, -0.2) is 4.79 Å². The Hall–Kier alpha value is -1.22. The van der Waals surface area contributed by atoms with Gasteiger partial charge in [0.2, 0.25) is 0 Å². The first-order valence-electron chi connectivity index (χ1n) is 4.39. The third kappa shape index (κ3) is 1.82. The van der Waals surface area contributed by atoms with Crippen molar-refractivity contribution in [3.05, 3.63) is 35.9 Å². The van der Waals surface area contributed by atoms with Crippen LogP contribution in [-0.4, -0.2) is 18.7 Å². The quantitative estimate of drug-likeness (QED) is 0.761. The van der Waals surface area contributed by atoms with Crippen LogP contribution in [0.1, 0.15) is 10.9 Å². The minimum absolute atomic E-state index is 0.133. The maximum Gasteiger partial charge on any atom is 0.407 e. The van der Waals surface area contributed by atoms with E-state index in [1.807, 2.05) is 30.3 Å². The van der Waals surface area contributed by atoms with E-state index in [2.05, 4.69) is 5.32 Å². The zero-order valence-electron chi connectivity index (χ0n) is 7.44. The second-order valence-electron chi connectivity index (χ2n) is 3.16. The summed E-state index contributed by atoms with van der Waals surface area (Å²) in [6.45, 7) is 0.335. The minimum atomic E-state index is -0.392. The number of alkyl halides is 1. The lowest BCUT2D eigenvalue weighted by Crippen LogP contribution is -2.30. The Morgan fingerprint density at radius 1 is 1.43 bits per heavy atom. The largest absolute Gasteiger partial charge is 0.447 e. The maximum atomic E-state index is 10.8. The number of alkyl carbamates (subject to hydrolysis) is 1. The highest BCUT2D eigenvalue weighted by atomic mass is 35.5. The van der Waals surface area contributed by atoms with Gasteiger partial charge in [-0.2, -0.15) is 0 Å². The summed E-state index contributed by atoms with van der Waals surface area (Å²) in [6, 6.07) is 9.50. The van der Waals surface area contributed by atoms with Gasteiger partial charge in [-0.1, -0.05) is 30.3 Å². The molecule has 1 aromatic rings. The number of hydrogen-bond donors (Lipinski definition) is 1. The molecule has 1 aliphatic rings. The molecule has 14 heavy (non-hydrogen) atoms. The first-order valence-corrected chi connectivity index (χ1v) is 4.83. The number of carbonyl (C=O) groups excluding carboxylic acids is 1. The lowest BCUT2D eigenvalue weighted by atomic mass is 10.1. The Labute approximate surface area is 87.0 Å². The summed E-state index contributed by atoms with van der Waals surface area (Å²) in [5.41, 5.74) is 0.991. The molecule has 0 saturated carbocycles. The molecule has 0 spiro atoms. The van der Waals surface area contributed by atoms with Crippen molar-refractivity contribution >= 4 is 17.7 Å². The van der Waals surface area contributed by atoms with Crippen LogP contribution in [0, 0.1) is 0 Å². The molecule has 4 heteroatoms. The predicted molar refractivity (Wildman–Crippen MR) is 53.3 cm³/mol. The van der Waals surface area contributed by atoms with Crippen LogP contribution in [-0.2, 0) is 4.74 Å². The van der Waals surface area contributed by atoms with E-state index in [9.17, 15) is 4.79 Å². The predicted octanol–water partition coefficient (Wildman–Crippen LogP) is 2.07. The molecular weight excluding hydrogens is 202 g/mol. The average Bonchev–Trinajstić information content (AvgIpc) is 2.65. The smallest absolute Gasteiger partial charge is 0.407 e. The van der Waals surface area contributed by atoms with Gasteiger partial charge in [-0.05, 0) is 5.56 Å². The van der Waals surface area contributed by atoms with E-state index in [0.717, 1.165) is 5.56 Å². The Balaban J connectivity index is 2.09. The lowest BCUT2D eigenvalue weighted by Gasteiger charge is -2.14. The molecule has 1 aromatic carbocycles. The summed E-state index contributed by atoms with van der Waals surface area (Å²) >= 11 is 6.18. The summed E-state index contributed by atoms with van der Waals surface area (Å²) in [7, 11) is 0. The van der Waals surface area contributed by atoms with Gasteiger partial charge in [-0.3, -0.25) is 0 Å². The molecular formula is C10H10ClNO2. The number of cyclic esters (lactones) is 1. The third-order valence-electron chi connectivity index (χ3n) is 2.17. The molecule has 1 N–H and O–H groups in total. The summed E-state index contributed by atoms with van der Waals surface area (Å²) in [5, 5.41) is 2.43. The monoisotopic (exact) mass is 211 g/mol. The standard InChI is InChI=1S/C10H10ClNO2/c11-9(7-4-2-1-3-5-7)8-6-14-10(13)12-8/h1-5,8-9H,6H2,(H,12,13)/t8-,9-/m0/s1. The summed E-state index contributed by atoms with van der Waals surface area (Å²) in [6.07, 6.45) is -0.392. The van der Waals surface area contributed by atoms with E-state index < -0.39 is 6.09 Å². The molecule has 2 atom stereocenters. The number of ether oxygens (including phenoxy) is 1. The van der Waals surface area contributed by atoms with Crippen molar-refractivity contribution in [3.63, 3.8) is 0 Å². The fraction of sp³-hybridized carbons (Fsp3) is 0.300. The van der Waals surface area contributed by atoms with E-state index in [1.165, 1.54) is 0 Å². The molecule has 0 aromatic heterocycles.